The van der Waals surface area contributed by atoms with Gasteiger partial charge in [0.15, 0.2) is 18.1 Å². The normalized spacial score (nSPS) is 10.3. The maximum absolute atomic E-state index is 12.0. The van der Waals surface area contributed by atoms with Crippen molar-refractivity contribution in [3.8, 4) is 17.2 Å². The standard InChI is InChI=1S/C21H24ClNO6S/c1-26-16-11-18(28-3)17(27-2)10-14(16)12-23-20(24)13-29-21(25)8-9-30-19-7-5-4-6-15(19)22/h4-7,10-11H,8-9,12-13H2,1-3H3,(H,23,24). The minimum Gasteiger partial charge on any atom is -0.496 e. The number of methoxy groups -OCH3 is 3. The molecule has 0 radical (unpaired) electrons. The van der Waals surface area contributed by atoms with E-state index in [-0.39, 0.29) is 19.6 Å². The molecule has 0 heterocycles. The molecule has 2 aromatic carbocycles. The van der Waals surface area contributed by atoms with Gasteiger partial charge in [0.05, 0.1) is 32.8 Å². The number of rotatable bonds is 11. The monoisotopic (exact) mass is 453 g/mol. The number of esters is 1. The minimum absolute atomic E-state index is 0.173. The van der Waals surface area contributed by atoms with Crippen LogP contribution in [0.5, 0.6) is 17.2 Å². The Morgan fingerprint density at radius 1 is 1.00 bits per heavy atom. The van der Waals surface area contributed by atoms with Gasteiger partial charge in [0, 0.05) is 28.8 Å². The molecule has 0 unspecified atom stereocenters. The molecule has 0 atom stereocenters. The lowest BCUT2D eigenvalue weighted by Gasteiger charge is -2.14. The SMILES string of the molecule is COc1cc(OC)c(OC)cc1CNC(=O)COC(=O)CCSc1ccccc1Cl. The fourth-order valence-corrected chi connectivity index (χ4v) is 3.67. The summed E-state index contributed by atoms with van der Waals surface area (Å²) < 4.78 is 20.8. The summed E-state index contributed by atoms with van der Waals surface area (Å²) in [6.07, 6.45) is 0.173. The number of halogens is 1. The number of nitrogens with one attached hydrogen (secondary N) is 1. The summed E-state index contributed by atoms with van der Waals surface area (Å²) in [5.74, 6) is 1.22. The second-order valence-electron chi connectivity index (χ2n) is 5.99. The molecule has 0 aliphatic rings. The van der Waals surface area contributed by atoms with Crippen LogP contribution in [0.15, 0.2) is 41.3 Å². The van der Waals surface area contributed by atoms with Crippen molar-refractivity contribution in [2.24, 2.45) is 0 Å². The van der Waals surface area contributed by atoms with Crippen LogP contribution in [0.2, 0.25) is 5.02 Å². The third kappa shape index (κ3) is 7.03. The van der Waals surface area contributed by atoms with Gasteiger partial charge in [0.1, 0.15) is 5.75 Å². The summed E-state index contributed by atoms with van der Waals surface area (Å²) in [5, 5.41) is 3.33. The quantitative estimate of drug-likeness (QED) is 0.410. The molecule has 0 aliphatic heterocycles. The average Bonchev–Trinajstić information content (AvgIpc) is 2.76. The van der Waals surface area contributed by atoms with E-state index in [1.54, 1.807) is 18.2 Å². The van der Waals surface area contributed by atoms with Crippen LogP contribution in [-0.4, -0.2) is 45.6 Å². The molecule has 0 fully saturated rings. The molecule has 0 saturated carbocycles. The number of thioether (sulfide) groups is 1. The van der Waals surface area contributed by atoms with Gasteiger partial charge in [-0.05, 0) is 18.2 Å². The fraction of sp³-hybridized carbons (Fsp3) is 0.333. The van der Waals surface area contributed by atoms with Gasteiger partial charge >= 0.3 is 5.97 Å². The third-order valence-electron chi connectivity index (χ3n) is 4.03. The Hall–Kier alpha value is -2.58. The minimum atomic E-state index is -0.451. The second-order valence-corrected chi connectivity index (χ2v) is 7.53. The van der Waals surface area contributed by atoms with Crippen molar-refractivity contribution in [2.45, 2.75) is 17.9 Å². The maximum atomic E-state index is 12.0. The summed E-state index contributed by atoms with van der Waals surface area (Å²) in [4.78, 5) is 24.8. The summed E-state index contributed by atoms with van der Waals surface area (Å²) in [6.45, 7) is -0.173. The molecule has 7 nitrogen and oxygen atoms in total. The first-order valence-corrected chi connectivity index (χ1v) is 10.4. The summed E-state index contributed by atoms with van der Waals surface area (Å²) >= 11 is 7.53. The predicted molar refractivity (Wildman–Crippen MR) is 116 cm³/mol. The van der Waals surface area contributed by atoms with Crippen LogP contribution in [0.25, 0.3) is 0 Å². The van der Waals surface area contributed by atoms with E-state index in [9.17, 15) is 9.59 Å². The fourth-order valence-electron chi connectivity index (χ4n) is 2.50. The zero-order valence-electron chi connectivity index (χ0n) is 17.0. The molecule has 0 saturated heterocycles. The first-order chi connectivity index (χ1) is 14.5. The van der Waals surface area contributed by atoms with E-state index in [1.807, 2.05) is 18.2 Å². The molecule has 0 aromatic heterocycles. The van der Waals surface area contributed by atoms with Gasteiger partial charge in [-0.1, -0.05) is 23.7 Å². The van der Waals surface area contributed by atoms with Crippen molar-refractivity contribution >= 4 is 35.2 Å². The zero-order chi connectivity index (χ0) is 21.9. The summed E-state index contributed by atoms with van der Waals surface area (Å²) in [5.41, 5.74) is 0.700. The summed E-state index contributed by atoms with van der Waals surface area (Å²) in [6, 6.07) is 10.8. The van der Waals surface area contributed by atoms with Crippen LogP contribution in [-0.2, 0) is 20.9 Å². The molecule has 162 valence electrons. The van der Waals surface area contributed by atoms with E-state index >= 15 is 0 Å². The van der Waals surface area contributed by atoms with Crippen molar-refractivity contribution in [2.75, 3.05) is 33.7 Å². The van der Waals surface area contributed by atoms with Crippen LogP contribution in [0.1, 0.15) is 12.0 Å². The Labute approximate surface area is 185 Å². The molecule has 1 amide bonds. The van der Waals surface area contributed by atoms with Crippen molar-refractivity contribution in [1.82, 2.24) is 5.32 Å². The Morgan fingerprint density at radius 3 is 2.33 bits per heavy atom. The van der Waals surface area contributed by atoms with Gasteiger partial charge in [-0.3, -0.25) is 9.59 Å². The van der Waals surface area contributed by atoms with Gasteiger partial charge in [-0.25, -0.2) is 0 Å². The molecule has 0 aliphatic carbocycles. The van der Waals surface area contributed by atoms with Crippen molar-refractivity contribution in [3.63, 3.8) is 0 Å². The van der Waals surface area contributed by atoms with Crippen molar-refractivity contribution in [1.29, 1.82) is 0 Å². The van der Waals surface area contributed by atoms with E-state index in [0.29, 0.717) is 33.6 Å². The largest absolute Gasteiger partial charge is 0.496 e. The topological polar surface area (TPSA) is 83.1 Å². The number of hydrogen-bond acceptors (Lipinski definition) is 7. The van der Waals surface area contributed by atoms with Gasteiger partial charge in [-0.15, -0.1) is 11.8 Å². The first-order valence-electron chi connectivity index (χ1n) is 9.07. The zero-order valence-corrected chi connectivity index (χ0v) is 18.6. The van der Waals surface area contributed by atoms with E-state index in [4.69, 9.17) is 30.5 Å². The number of ether oxygens (including phenoxy) is 4. The van der Waals surface area contributed by atoms with Crippen LogP contribution in [0.3, 0.4) is 0 Å². The Morgan fingerprint density at radius 2 is 1.67 bits per heavy atom. The van der Waals surface area contributed by atoms with E-state index < -0.39 is 11.9 Å². The molecule has 0 spiro atoms. The molecule has 1 N–H and O–H groups in total. The highest BCUT2D eigenvalue weighted by atomic mass is 35.5. The predicted octanol–water partition coefficient (Wildman–Crippen LogP) is 3.71. The Balaban J connectivity index is 1.77. The number of benzene rings is 2. The van der Waals surface area contributed by atoms with Crippen LogP contribution < -0.4 is 19.5 Å². The third-order valence-corrected chi connectivity index (χ3v) is 5.54. The summed E-state index contributed by atoms with van der Waals surface area (Å²) in [7, 11) is 4.57. The first kappa shape index (κ1) is 23.7. The molecule has 2 rings (SSSR count). The molecular formula is C21H24ClNO6S. The van der Waals surface area contributed by atoms with Crippen LogP contribution >= 0.6 is 23.4 Å². The van der Waals surface area contributed by atoms with Gasteiger partial charge in [0.25, 0.3) is 5.91 Å². The molecule has 9 heteroatoms. The maximum Gasteiger partial charge on any atom is 0.307 e. The van der Waals surface area contributed by atoms with Crippen molar-refractivity contribution < 1.29 is 28.5 Å². The van der Waals surface area contributed by atoms with E-state index in [2.05, 4.69) is 5.32 Å². The average molecular weight is 454 g/mol. The number of carbonyl (C=O) groups is 2. The Kier molecular flexibility index (Phi) is 9.63. The van der Waals surface area contributed by atoms with Gasteiger partial charge < -0.3 is 24.3 Å². The van der Waals surface area contributed by atoms with Gasteiger partial charge in [-0.2, -0.15) is 0 Å². The number of amides is 1. The second kappa shape index (κ2) is 12.2. The molecule has 30 heavy (non-hydrogen) atoms. The smallest absolute Gasteiger partial charge is 0.307 e. The van der Waals surface area contributed by atoms with Crippen LogP contribution in [0.4, 0.5) is 0 Å². The highest BCUT2D eigenvalue weighted by molar-refractivity contribution is 7.99. The lowest BCUT2D eigenvalue weighted by atomic mass is 10.1. The highest BCUT2D eigenvalue weighted by Gasteiger charge is 2.14. The van der Waals surface area contributed by atoms with Gasteiger partial charge in [0.2, 0.25) is 0 Å². The highest BCUT2D eigenvalue weighted by Crippen LogP contribution is 2.34. The van der Waals surface area contributed by atoms with E-state index in [0.717, 1.165) is 4.90 Å². The molecule has 0 bridgehead atoms. The lowest BCUT2D eigenvalue weighted by molar-refractivity contribution is -0.148. The van der Waals surface area contributed by atoms with Crippen LogP contribution in [0, 0.1) is 0 Å². The molecule has 2 aromatic rings. The molecular weight excluding hydrogens is 430 g/mol. The Bertz CT molecular complexity index is 877. The number of hydrogen-bond donors (Lipinski definition) is 1. The lowest BCUT2D eigenvalue weighted by Crippen LogP contribution is -2.28. The van der Waals surface area contributed by atoms with Crippen molar-refractivity contribution in [3.05, 3.63) is 47.0 Å². The number of carbonyl (C=O) groups excluding carboxylic acids is 2. The van der Waals surface area contributed by atoms with E-state index in [1.165, 1.54) is 33.1 Å².